The number of oxime groups is 1. The van der Waals surface area contributed by atoms with Crippen LogP contribution in [-0.4, -0.2) is 16.2 Å². The molecule has 0 spiro atoms. The predicted octanol–water partition coefficient (Wildman–Crippen LogP) is 5.63. The van der Waals surface area contributed by atoms with E-state index < -0.39 is 5.97 Å². The molecule has 1 aromatic heterocycles. The Balaban J connectivity index is 1.72. The summed E-state index contributed by atoms with van der Waals surface area (Å²) >= 11 is 0. The maximum absolute atomic E-state index is 12.4. The van der Waals surface area contributed by atoms with Gasteiger partial charge in [0.1, 0.15) is 0 Å². The molecule has 0 atom stereocenters. The van der Waals surface area contributed by atoms with Crippen LogP contribution in [-0.2, 0) is 11.3 Å². The lowest BCUT2D eigenvalue weighted by atomic mass is 9.76. The van der Waals surface area contributed by atoms with Crippen LogP contribution < -0.4 is 0 Å². The Hall–Kier alpha value is -3.14. The van der Waals surface area contributed by atoms with Crippen molar-refractivity contribution in [1.29, 1.82) is 0 Å². The fourth-order valence-corrected chi connectivity index (χ4v) is 4.04. The van der Waals surface area contributed by atoms with E-state index in [0.717, 1.165) is 35.5 Å². The van der Waals surface area contributed by atoms with Gasteiger partial charge in [-0.3, -0.25) is 0 Å². The molecule has 0 aliphatic heterocycles. The zero-order chi connectivity index (χ0) is 20.6. The van der Waals surface area contributed by atoms with Crippen LogP contribution in [0.15, 0.2) is 65.8 Å². The van der Waals surface area contributed by atoms with Crippen LogP contribution in [0.1, 0.15) is 53.1 Å². The second-order valence-corrected chi connectivity index (χ2v) is 8.62. The van der Waals surface area contributed by atoms with Crippen molar-refractivity contribution in [3.05, 3.63) is 88.7 Å². The first kappa shape index (κ1) is 19.2. The molecule has 4 rings (SSSR count). The molecule has 4 heteroatoms. The highest BCUT2D eigenvalue weighted by atomic mass is 16.7. The molecule has 0 radical (unpaired) electrons. The van der Waals surface area contributed by atoms with Crippen LogP contribution in [0.3, 0.4) is 0 Å². The molecule has 3 aromatic rings. The summed E-state index contributed by atoms with van der Waals surface area (Å²) < 4.78 is 2.30. The quantitative estimate of drug-likeness (QED) is 0.433. The lowest BCUT2D eigenvalue weighted by Crippen LogP contribution is -2.28. The smallest absolute Gasteiger partial charge is 0.318 e. The first-order valence-electron chi connectivity index (χ1n) is 9.96. The fourth-order valence-electron chi connectivity index (χ4n) is 4.04. The number of fused-ring (bicyclic) bond motifs is 1. The van der Waals surface area contributed by atoms with Gasteiger partial charge in [0.2, 0.25) is 0 Å². The molecule has 0 unspecified atom stereocenters. The van der Waals surface area contributed by atoms with Gasteiger partial charge < -0.3 is 9.40 Å². The van der Waals surface area contributed by atoms with Gasteiger partial charge in [-0.1, -0.05) is 54.9 Å². The first-order chi connectivity index (χ1) is 13.8. The van der Waals surface area contributed by atoms with Gasteiger partial charge in [0.25, 0.3) is 0 Å². The average Bonchev–Trinajstić information content (AvgIpc) is 3.02. The standard InChI is InChI=1S/C25H26N2O2/c1-17-10-12-20(13-11-17)27-18(2)14-21-22(15-25(3,4)16-23(21)27)26-29-24(28)19-8-6-5-7-9-19/h5-14H,15-16H2,1-4H3/b26-22+. The number of carbonyl (C=O) groups excluding carboxylic acids is 1. The van der Waals surface area contributed by atoms with Crippen molar-refractivity contribution in [3.63, 3.8) is 0 Å². The minimum absolute atomic E-state index is 0.0260. The van der Waals surface area contributed by atoms with Crippen molar-refractivity contribution < 1.29 is 9.63 Å². The summed E-state index contributed by atoms with van der Waals surface area (Å²) in [6.45, 7) is 8.66. The Morgan fingerprint density at radius 2 is 1.69 bits per heavy atom. The Morgan fingerprint density at radius 3 is 2.38 bits per heavy atom. The van der Waals surface area contributed by atoms with E-state index in [1.807, 2.05) is 18.2 Å². The average molecular weight is 386 g/mol. The van der Waals surface area contributed by atoms with E-state index in [-0.39, 0.29) is 5.41 Å². The van der Waals surface area contributed by atoms with Crippen molar-refractivity contribution in [2.75, 3.05) is 0 Å². The summed E-state index contributed by atoms with van der Waals surface area (Å²) in [5.41, 5.74) is 7.18. The predicted molar refractivity (Wildman–Crippen MR) is 116 cm³/mol. The summed E-state index contributed by atoms with van der Waals surface area (Å²) in [6.07, 6.45) is 1.70. The topological polar surface area (TPSA) is 43.6 Å². The third-order valence-corrected chi connectivity index (χ3v) is 5.43. The third kappa shape index (κ3) is 3.88. The SMILES string of the molecule is Cc1ccc(-n2c(C)cc3c2CC(C)(C)C/C3=N\OC(=O)c2ccccc2)cc1. The number of benzene rings is 2. The molecule has 4 nitrogen and oxygen atoms in total. The number of aromatic nitrogens is 1. The maximum atomic E-state index is 12.4. The second kappa shape index (κ2) is 7.36. The molecular formula is C25H26N2O2. The molecule has 0 bridgehead atoms. The number of hydrogen-bond donors (Lipinski definition) is 0. The van der Waals surface area contributed by atoms with Crippen LogP contribution in [0, 0.1) is 19.3 Å². The summed E-state index contributed by atoms with van der Waals surface area (Å²) in [5, 5.41) is 4.31. The summed E-state index contributed by atoms with van der Waals surface area (Å²) in [4.78, 5) is 17.7. The van der Waals surface area contributed by atoms with Gasteiger partial charge in [-0.25, -0.2) is 4.79 Å². The minimum Gasteiger partial charge on any atom is -0.318 e. The lowest BCUT2D eigenvalue weighted by molar-refractivity contribution is 0.0514. The zero-order valence-corrected chi connectivity index (χ0v) is 17.4. The molecule has 2 aromatic carbocycles. The molecule has 1 heterocycles. The van der Waals surface area contributed by atoms with Crippen LogP contribution >= 0.6 is 0 Å². The van der Waals surface area contributed by atoms with Crippen LogP contribution in [0.4, 0.5) is 0 Å². The summed E-state index contributed by atoms with van der Waals surface area (Å²) in [7, 11) is 0. The maximum Gasteiger partial charge on any atom is 0.365 e. The Kier molecular flexibility index (Phi) is 4.87. The minimum atomic E-state index is -0.433. The summed E-state index contributed by atoms with van der Waals surface area (Å²) in [6, 6.07) is 19.7. The van der Waals surface area contributed by atoms with Crippen LogP contribution in [0.25, 0.3) is 5.69 Å². The molecule has 0 fully saturated rings. The Labute approximate surface area is 171 Å². The molecule has 148 valence electrons. The third-order valence-electron chi connectivity index (χ3n) is 5.43. The van der Waals surface area contributed by atoms with Crippen LogP contribution in [0.5, 0.6) is 0 Å². The largest absolute Gasteiger partial charge is 0.365 e. The zero-order valence-electron chi connectivity index (χ0n) is 17.4. The van der Waals surface area contributed by atoms with Crippen LogP contribution in [0.2, 0.25) is 0 Å². The molecule has 0 saturated heterocycles. The number of rotatable bonds is 3. The van der Waals surface area contributed by atoms with E-state index in [1.54, 1.807) is 12.1 Å². The van der Waals surface area contributed by atoms with Gasteiger partial charge in [-0.05, 0) is 62.4 Å². The van der Waals surface area contributed by atoms with E-state index >= 15 is 0 Å². The molecular weight excluding hydrogens is 360 g/mol. The second-order valence-electron chi connectivity index (χ2n) is 8.62. The number of nitrogens with zero attached hydrogens (tertiary/aromatic N) is 2. The molecule has 0 N–H and O–H groups in total. The normalized spacial score (nSPS) is 16.5. The van der Waals surface area contributed by atoms with Crippen molar-refractivity contribution in [2.45, 2.75) is 40.5 Å². The van der Waals surface area contributed by atoms with E-state index in [0.29, 0.717) is 5.56 Å². The van der Waals surface area contributed by atoms with Gasteiger partial charge in [0, 0.05) is 22.6 Å². The first-order valence-corrected chi connectivity index (χ1v) is 9.96. The highest BCUT2D eigenvalue weighted by Crippen LogP contribution is 2.38. The molecule has 1 aliphatic rings. The van der Waals surface area contributed by atoms with Gasteiger partial charge in [0.15, 0.2) is 0 Å². The summed E-state index contributed by atoms with van der Waals surface area (Å²) in [5.74, 6) is -0.433. The van der Waals surface area contributed by atoms with Gasteiger partial charge in [-0.2, -0.15) is 0 Å². The number of aryl methyl sites for hydroxylation is 2. The highest BCUT2D eigenvalue weighted by Gasteiger charge is 2.33. The van der Waals surface area contributed by atoms with E-state index in [1.165, 1.54) is 11.3 Å². The highest BCUT2D eigenvalue weighted by molar-refractivity contribution is 6.03. The van der Waals surface area contributed by atoms with Crippen molar-refractivity contribution in [2.24, 2.45) is 10.6 Å². The number of carbonyl (C=O) groups is 1. The van der Waals surface area contributed by atoms with E-state index in [4.69, 9.17) is 4.84 Å². The molecule has 0 amide bonds. The fraction of sp³-hybridized carbons (Fsp3) is 0.280. The molecule has 1 aliphatic carbocycles. The Morgan fingerprint density at radius 1 is 1.00 bits per heavy atom. The number of hydrogen-bond acceptors (Lipinski definition) is 3. The van der Waals surface area contributed by atoms with E-state index in [9.17, 15) is 4.79 Å². The van der Waals surface area contributed by atoms with E-state index in [2.05, 4.69) is 67.7 Å². The van der Waals surface area contributed by atoms with Gasteiger partial charge in [0.05, 0.1) is 11.3 Å². The monoisotopic (exact) mass is 386 g/mol. The van der Waals surface area contributed by atoms with Crippen molar-refractivity contribution >= 4 is 11.7 Å². The van der Waals surface area contributed by atoms with Gasteiger partial charge >= 0.3 is 5.97 Å². The van der Waals surface area contributed by atoms with Crippen molar-refractivity contribution in [3.8, 4) is 5.69 Å². The van der Waals surface area contributed by atoms with Gasteiger partial charge in [-0.15, -0.1) is 0 Å². The lowest BCUT2D eigenvalue weighted by Gasteiger charge is -2.31. The molecule has 0 saturated carbocycles. The van der Waals surface area contributed by atoms with Crippen molar-refractivity contribution in [1.82, 2.24) is 4.57 Å². The molecule has 29 heavy (non-hydrogen) atoms. The Bertz CT molecular complexity index is 1070.